The van der Waals surface area contributed by atoms with Crippen LogP contribution >= 0.6 is 11.6 Å². The Balaban J connectivity index is 1.58. The second-order valence-corrected chi connectivity index (χ2v) is 6.36. The lowest BCUT2D eigenvalue weighted by atomic mass is 10.1. The van der Waals surface area contributed by atoms with Gasteiger partial charge in [-0.2, -0.15) is 4.98 Å². The molecule has 7 heteroatoms. The van der Waals surface area contributed by atoms with Crippen LogP contribution in [-0.4, -0.2) is 47.1 Å². The van der Waals surface area contributed by atoms with Gasteiger partial charge in [0.1, 0.15) is 6.10 Å². The van der Waals surface area contributed by atoms with Gasteiger partial charge in [0, 0.05) is 11.6 Å². The largest absolute Gasteiger partial charge is 0.480 e. The molecule has 2 heterocycles. The first-order chi connectivity index (χ1) is 12.1. The molecule has 1 aliphatic heterocycles. The number of nitrogens with zero attached hydrogens (tertiary/aromatic N) is 3. The van der Waals surface area contributed by atoms with E-state index in [-0.39, 0.29) is 12.0 Å². The second-order valence-electron chi connectivity index (χ2n) is 5.92. The van der Waals surface area contributed by atoms with Crippen LogP contribution in [0.25, 0.3) is 0 Å². The zero-order chi connectivity index (χ0) is 17.6. The Hall–Kier alpha value is -2.34. The number of hydrogen-bond donors (Lipinski definition) is 0. The molecule has 0 aliphatic carbocycles. The van der Waals surface area contributed by atoms with E-state index in [1.54, 1.807) is 18.3 Å². The van der Waals surface area contributed by atoms with Crippen LogP contribution in [0.4, 0.5) is 0 Å². The van der Waals surface area contributed by atoms with Crippen molar-refractivity contribution in [2.45, 2.75) is 25.4 Å². The fourth-order valence-corrected chi connectivity index (χ4v) is 2.93. The highest BCUT2D eigenvalue weighted by molar-refractivity contribution is 6.30. The first-order valence-corrected chi connectivity index (χ1v) is 8.57. The minimum absolute atomic E-state index is 0.0901. The molecular formula is C18H20ClN3O3. The average Bonchev–Trinajstić information content (AvgIpc) is 2.64. The lowest BCUT2D eigenvalue weighted by Crippen LogP contribution is -2.45. The molecule has 1 amide bonds. The molecular weight excluding hydrogens is 342 g/mol. The number of piperidine rings is 1. The summed E-state index contributed by atoms with van der Waals surface area (Å²) >= 11 is 5.88. The number of ether oxygens (including phenoxy) is 2. The van der Waals surface area contributed by atoms with Gasteiger partial charge in [-0.3, -0.25) is 9.78 Å². The van der Waals surface area contributed by atoms with Gasteiger partial charge in [-0.1, -0.05) is 23.7 Å². The maximum absolute atomic E-state index is 12.5. The van der Waals surface area contributed by atoms with E-state index in [4.69, 9.17) is 21.1 Å². The summed E-state index contributed by atoms with van der Waals surface area (Å²) in [5.74, 6) is 0.910. The fourth-order valence-electron chi connectivity index (χ4n) is 2.81. The molecule has 1 unspecified atom stereocenters. The topological polar surface area (TPSA) is 64.6 Å². The first-order valence-electron chi connectivity index (χ1n) is 8.19. The van der Waals surface area contributed by atoms with Crippen LogP contribution in [0.15, 0.2) is 36.7 Å². The molecule has 1 aromatic carbocycles. The third kappa shape index (κ3) is 4.82. The summed E-state index contributed by atoms with van der Waals surface area (Å²) in [6.45, 7) is 1.29. The molecule has 1 fully saturated rings. The van der Waals surface area contributed by atoms with Gasteiger partial charge in [-0.25, -0.2) is 0 Å². The van der Waals surface area contributed by atoms with E-state index < -0.39 is 0 Å². The van der Waals surface area contributed by atoms with Crippen molar-refractivity contribution in [3.05, 3.63) is 47.2 Å². The molecule has 25 heavy (non-hydrogen) atoms. The molecule has 1 aliphatic rings. The first kappa shape index (κ1) is 17.5. The molecule has 1 saturated heterocycles. The van der Waals surface area contributed by atoms with Gasteiger partial charge in [0.25, 0.3) is 0 Å². The van der Waals surface area contributed by atoms with Gasteiger partial charge in [-0.05, 0) is 30.5 Å². The highest BCUT2D eigenvalue weighted by Gasteiger charge is 2.25. The van der Waals surface area contributed by atoms with Gasteiger partial charge in [0.2, 0.25) is 17.7 Å². The standard InChI is InChI=1S/C18H20ClN3O3/c1-24-16-10-20-11-17(21-16)25-15-3-2-8-22(12-15)18(23)9-13-4-6-14(19)7-5-13/h4-7,10-11,15H,2-3,8-9,12H2,1H3. The van der Waals surface area contributed by atoms with Crippen molar-refractivity contribution in [3.63, 3.8) is 0 Å². The second kappa shape index (κ2) is 8.16. The highest BCUT2D eigenvalue weighted by Crippen LogP contribution is 2.19. The van der Waals surface area contributed by atoms with E-state index in [1.807, 2.05) is 17.0 Å². The molecule has 1 aromatic heterocycles. The van der Waals surface area contributed by atoms with E-state index in [9.17, 15) is 4.79 Å². The number of carbonyl (C=O) groups is 1. The number of likely N-dealkylation sites (tertiary alicyclic amines) is 1. The van der Waals surface area contributed by atoms with Gasteiger partial charge >= 0.3 is 0 Å². The molecule has 0 bridgehead atoms. The SMILES string of the molecule is COc1cncc(OC2CCCN(C(=O)Cc3ccc(Cl)cc3)C2)n1. The normalized spacial score (nSPS) is 17.2. The Labute approximate surface area is 151 Å². The third-order valence-electron chi connectivity index (χ3n) is 4.09. The molecule has 0 saturated carbocycles. The number of methoxy groups -OCH3 is 1. The number of rotatable bonds is 5. The predicted molar refractivity (Wildman–Crippen MR) is 94.0 cm³/mol. The Morgan fingerprint density at radius 2 is 2.04 bits per heavy atom. The van der Waals surface area contributed by atoms with E-state index >= 15 is 0 Å². The third-order valence-corrected chi connectivity index (χ3v) is 4.34. The van der Waals surface area contributed by atoms with E-state index in [1.165, 1.54) is 13.3 Å². The van der Waals surface area contributed by atoms with Gasteiger partial charge < -0.3 is 14.4 Å². The fraction of sp³-hybridized carbons (Fsp3) is 0.389. The maximum atomic E-state index is 12.5. The molecule has 0 N–H and O–H groups in total. The molecule has 0 radical (unpaired) electrons. The monoisotopic (exact) mass is 361 g/mol. The molecule has 0 spiro atoms. The van der Waals surface area contributed by atoms with Crippen LogP contribution in [-0.2, 0) is 11.2 Å². The minimum Gasteiger partial charge on any atom is -0.480 e. The number of hydrogen-bond acceptors (Lipinski definition) is 5. The Morgan fingerprint density at radius 1 is 1.28 bits per heavy atom. The van der Waals surface area contributed by atoms with Crippen LogP contribution < -0.4 is 9.47 Å². The van der Waals surface area contributed by atoms with Gasteiger partial charge in [0.15, 0.2) is 0 Å². The van der Waals surface area contributed by atoms with Crippen LogP contribution in [0, 0.1) is 0 Å². The van der Waals surface area contributed by atoms with Crippen LogP contribution in [0.5, 0.6) is 11.8 Å². The van der Waals surface area contributed by atoms with Crippen LogP contribution in [0.2, 0.25) is 5.02 Å². The van der Waals surface area contributed by atoms with Gasteiger partial charge in [0.05, 0.1) is 32.5 Å². The number of carbonyl (C=O) groups excluding carboxylic acids is 1. The Morgan fingerprint density at radius 3 is 2.80 bits per heavy atom. The van der Waals surface area contributed by atoms with Crippen molar-refractivity contribution in [1.29, 1.82) is 0 Å². The summed E-state index contributed by atoms with van der Waals surface area (Å²) in [5, 5.41) is 0.669. The smallest absolute Gasteiger partial charge is 0.235 e. The summed E-state index contributed by atoms with van der Waals surface area (Å²) < 4.78 is 10.9. The summed E-state index contributed by atoms with van der Waals surface area (Å²) in [6.07, 6.45) is 5.12. The summed E-state index contributed by atoms with van der Waals surface area (Å²) in [4.78, 5) is 22.6. The lowest BCUT2D eigenvalue weighted by Gasteiger charge is -2.32. The van der Waals surface area contributed by atoms with Crippen molar-refractivity contribution < 1.29 is 14.3 Å². The molecule has 2 aromatic rings. The maximum Gasteiger partial charge on any atom is 0.235 e. The number of amides is 1. The zero-order valence-electron chi connectivity index (χ0n) is 14.0. The quantitative estimate of drug-likeness (QED) is 0.819. The Kier molecular flexibility index (Phi) is 5.71. The molecule has 6 nitrogen and oxygen atoms in total. The highest BCUT2D eigenvalue weighted by atomic mass is 35.5. The van der Waals surface area contributed by atoms with Gasteiger partial charge in [-0.15, -0.1) is 0 Å². The number of benzene rings is 1. The number of halogens is 1. The molecule has 132 valence electrons. The summed E-state index contributed by atoms with van der Waals surface area (Å²) in [7, 11) is 1.53. The van der Waals surface area contributed by atoms with E-state index in [0.29, 0.717) is 29.7 Å². The predicted octanol–water partition coefficient (Wildman–Crippen LogP) is 2.75. The minimum atomic E-state index is -0.0932. The molecule has 1 atom stereocenters. The van der Waals surface area contributed by atoms with Crippen LogP contribution in [0.3, 0.4) is 0 Å². The van der Waals surface area contributed by atoms with Crippen molar-refractivity contribution in [2.75, 3.05) is 20.2 Å². The van der Waals surface area contributed by atoms with Crippen molar-refractivity contribution in [2.24, 2.45) is 0 Å². The molecule has 3 rings (SSSR count). The van der Waals surface area contributed by atoms with Crippen LogP contribution in [0.1, 0.15) is 18.4 Å². The average molecular weight is 362 g/mol. The Bertz CT molecular complexity index is 724. The summed E-state index contributed by atoms with van der Waals surface area (Å²) in [5.41, 5.74) is 0.955. The van der Waals surface area contributed by atoms with Crippen molar-refractivity contribution >= 4 is 17.5 Å². The summed E-state index contributed by atoms with van der Waals surface area (Å²) in [6, 6.07) is 7.36. The van der Waals surface area contributed by atoms with Crippen molar-refractivity contribution in [3.8, 4) is 11.8 Å². The van der Waals surface area contributed by atoms with E-state index in [0.717, 1.165) is 24.9 Å². The van der Waals surface area contributed by atoms with E-state index in [2.05, 4.69) is 9.97 Å². The zero-order valence-corrected chi connectivity index (χ0v) is 14.8. The number of aromatic nitrogens is 2. The lowest BCUT2D eigenvalue weighted by molar-refractivity contribution is -0.133. The van der Waals surface area contributed by atoms with Crippen molar-refractivity contribution in [1.82, 2.24) is 14.9 Å².